The molecule has 0 spiro atoms. The lowest BCUT2D eigenvalue weighted by atomic mass is 9.66. The molecule has 0 unspecified atom stereocenters. The van der Waals surface area contributed by atoms with Crippen LogP contribution in [0.2, 0.25) is 0 Å². The Kier molecular flexibility index (Phi) is 39.8. The number of unbranched alkanes of at least 4 members (excludes halogenated alkanes) is 52. The van der Waals surface area contributed by atoms with Crippen LogP contribution in [0.3, 0.4) is 0 Å². The van der Waals surface area contributed by atoms with Crippen molar-refractivity contribution in [2.24, 2.45) is 0 Å². The highest BCUT2D eigenvalue weighted by Gasteiger charge is 2.52. The Hall–Kier alpha value is -4.92. The van der Waals surface area contributed by atoms with Crippen LogP contribution in [0.15, 0.2) is 133 Å². The third-order valence-electron chi connectivity index (χ3n) is 28.5. The van der Waals surface area contributed by atoms with Crippen LogP contribution in [0.25, 0.3) is 58.8 Å². The molecule has 6 heterocycles. The summed E-state index contributed by atoms with van der Waals surface area (Å²) in [6.45, 7) is 14.0. The van der Waals surface area contributed by atoms with Crippen LogP contribution in [0.5, 0.6) is 0 Å². The second-order valence-corrected chi connectivity index (χ2v) is 45.1. The van der Waals surface area contributed by atoms with Crippen molar-refractivity contribution in [2.75, 3.05) is 0 Å². The predicted octanol–water partition coefficient (Wildman–Crippen LogP) is 40.6. The van der Waals surface area contributed by atoms with Gasteiger partial charge in [0.05, 0.1) is 25.5 Å². The quantitative estimate of drug-likeness (QED) is 0.0333. The van der Waals surface area contributed by atoms with Gasteiger partial charge < -0.3 is 0 Å². The normalized spacial score (nSPS) is 13.3. The number of hydrogen-bond acceptors (Lipinski definition) is 6. The fourth-order valence-electron chi connectivity index (χ4n) is 21.3. The SMILES string of the molecule is CCCCCCCCCCCCCCCCc1ccc(C2(c3ccc(CCCCCCCCCCCCCCCC)cc3)c3cc(C)sc3-c3sc4cc5c6c(sc5cc4c32)-c2sc(-c3cc4sc(C)cc4s3)cc2C6(c2ccc(CCCCCCCCCCCCCCCC)cc2)c2ccc(CCCCCCCCCCCCCCCC)cc2)cc1. The molecule has 11 aromatic rings. The van der Waals surface area contributed by atoms with E-state index < -0.39 is 10.8 Å². The minimum Gasteiger partial charge on any atom is -0.140 e. The van der Waals surface area contributed by atoms with Crippen LogP contribution < -0.4 is 0 Å². The number of benzene rings is 5. The Bertz CT molecular complexity index is 4570. The fraction of sp³-hybridized carbons (Fsp3) is 0.586. The molecular formula is C116H160S6. The summed E-state index contributed by atoms with van der Waals surface area (Å²) in [5.41, 5.74) is 16.7. The van der Waals surface area contributed by atoms with E-state index in [0.717, 1.165) is 25.7 Å². The summed E-state index contributed by atoms with van der Waals surface area (Å²) < 4.78 is 5.71. The molecule has 0 N–H and O–H groups in total. The maximum absolute atomic E-state index is 2.74. The highest BCUT2D eigenvalue weighted by atomic mass is 32.1. The van der Waals surface area contributed by atoms with Gasteiger partial charge in [-0.3, -0.25) is 0 Å². The van der Waals surface area contributed by atoms with Crippen LogP contribution in [0.1, 0.15) is 464 Å². The van der Waals surface area contributed by atoms with Crippen molar-refractivity contribution in [3.63, 3.8) is 0 Å². The van der Waals surface area contributed by atoms with Gasteiger partial charge in [-0.05, 0) is 179 Å². The summed E-state index contributed by atoms with van der Waals surface area (Å²) in [7, 11) is 0. The zero-order chi connectivity index (χ0) is 84.2. The zero-order valence-corrected chi connectivity index (χ0v) is 82.5. The topological polar surface area (TPSA) is 0 Å². The fourth-order valence-corrected chi connectivity index (χ4v) is 28.9. The smallest absolute Gasteiger partial charge is 0.0736 e. The molecule has 0 aliphatic heterocycles. The molecule has 122 heavy (non-hydrogen) atoms. The van der Waals surface area contributed by atoms with Crippen molar-refractivity contribution < 1.29 is 0 Å². The van der Waals surface area contributed by atoms with E-state index in [0.29, 0.717) is 0 Å². The molecule has 660 valence electrons. The summed E-state index contributed by atoms with van der Waals surface area (Å²) in [5, 5.41) is 2.89. The molecule has 5 aromatic carbocycles. The van der Waals surface area contributed by atoms with E-state index in [1.807, 2.05) is 34.0 Å². The maximum atomic E-state index is 2.74. The van der Waals surface area contributed by atoms with Crippen LogP contribution in [0.4, 0.5) is 0 Å². The molecule has 0 bridgehead atoms. The summed E-state index contributed by atoms with van der Waals surface area (Å²) in [6.07, 6.45) is 82.8. The van der Waals surface area contributed by atoms with E-state index in [4.69, 9.17) is 0 Å². The Morgan fingerprint density at radius 2 is 0.434 bits per heavy atom. The third-order valence-corrected chi connectivity index (χ3v) is 35.7. The van der Waals surface area contributed by atoms with Crippen molar-refractivity contribution in [1.29, 1.82) is 0 Å². The second-order valence-electron chi connectivity index (χ2n) is 38.3. The number of rotatable bonds is 65. The zero-order valence-electron chi connectivity index (χ0n) is 77.6. The Morgan fingerprint density at radius 3 is 0.713 bits per heavy atom. The highest BCUT2D eigenvalue weighted by Crippen LogP contribution is 2.67. The number of fused-ring (bicyclic) bond motifs is 11. The van der Waals surface area contributed by atoms with Gasteiger partial charge in [-0.2, -0.15) is 0 Å². The molecule has 6 aromatic heterocycles. The van der Waals surface area contributed by atoms with Crippen molar-refractivity contribution >= 4 is 97.6 Å². The first-order chi connectivity index (χ1) is 60.3. The first-order valence-corrected chi connectivity index (χ1v) is 56.3. The lowest BCUT2D eigenvalue weighted by molar-refractivity contribution is 0.535. The Morgan fingerprint density at radius 1 is 0.197 bits per heavy atom. The van der Waals surface area contributed by atoms with Crippen molar-refractivity contribution in [3.8, 4) is 29.3 Å². The van der Waals surface area contributed by atoms with E-state index in [2.05, 4.69) is 209 Å². The van der Waals surface area contributed by atoms with E-state index in [9.17, 15) is 0 Å². The number of hydrogen-bond donors (Lipinski definition) is 0. The van der Waals surface area contributed by atoms with Crippen LogP contribution in [0, 0.1) is 13.8 Å². The molecule has 0 nitrogen and oxygen atoms in total. The van der Waals surface area contributed by atoms with E-state index >= 15 is 0 Å². The van der Waals surface area contributed by atoms with Gasteiger partial charge in [0.2, 0.25) is 0 Å². The molecule has 0 fully saturated rings. The first-order valence-electron chi connectivity index (χ1n) is 51.4. The van der Waals surface area contributed by atoms with Crippen LogP contribution in [-0.4, -0.2) is 0 Å². The van der Waals surface area contributed by atoms with Gasteiger partial charge in [0.1, 0.15) is 0 Å². The monoisotopic (exact) mass is 1750 g/mol. The lowest BCUT2D eigenvalue weighted by Gasteiger charge is -2.34. The van der Waals surface area contributed by atoms with Gasteiger partial charge in [0.15, 0.2) is 0 Å². The minimum atomic E-state index is -0.512. The predicted molar refractivity (Wildman–Crippen MR) is 552 cm³/mol. The van der Waals surface area contributed by atoms with E-state index in [1.54, 1.807) is 0 Å². The largest absolute Gasteiger partial charge is 0.140 e. The number of thiophene rings is 6. The van der Waals surface area contributed by atoms with Crippen molar-refractivity contribution in [1.82, 2.24) is 0 Å². The molecule has 0 radical (unpaired) electrons. The van der Waals surface area contributed by atoms with Gasteiger partial charge in [0.25, 0.3) is 0 Å². The molecular weight excluding hydrogens is 1590 g/mol. The van der Waals surface area contributed by atoms with Crippen molar-refractivity contribution in [3.05, 3.63) is 210 Å². The van der Waals surface area contributed by atoms with Crippen LogP contribution >= 0.6 is 68.0 Å². The highest BCUT2D eigenvalue weighted by molar-refractivity contribution is 7.33. The second kappa shape index (κ2) is 51.3. The molecule has 2 aliphatic carbocycles. The summed E-state index contributed by atoms with van der Waals surface area (Å²) in [4.78, 5) is 11.6. The van der Waals surface area contributed by atoms with Gasteiger partial charge in [-0.1, -0.05) is 459 Å². The Balaban J connectivity index is 0.809. The van der Waals surface area contributed by atoms with Gasteiger partial charge in [-0.15, -0.1) is 68.0 Å². The summed E-state index contributed by atoms with van der Waals surface area (Å²) >= 11 is 12.3. The molecule has 2 aliphatic rings. The molecule has 0 atom stereocenters. The van der Waals surface area contributed by atoms with Crippen molar-refractivity contribution in [2.45, 2.75) is 438 Å². The average molecular weight is 1750 g/mol. The maximum Gasteiger partial charge on any atom is 0.0736 e. The van der Waals surface area contributed by atoms with Crippen LogP contribution in [-0.2, 0) is 36.5 Å². The minimum absolute atomic E-state index is 0.460. The van der Waals surface area contributed by atoms with Gasteiger partial charge >= 0.3 is 0 Å². The molecule has 0 saturated carbocycles. The van der Waals surface area contributed by atoms with Gasteiger partial charge in [0, 0.05) is 43.2 Å². The van der Waals surface area contributed by atoms with Gasteiger partial charge in [-0.25, -0.2) is 0 Å². The molecule has 6 heteroatoms. The lowest BCUT2D eigenvalue weighted by Crippen LogP contribution is -2.28. The summed E-state index contributed by atoms with van der Waals surface area (Å²) in [6, 6.07) is 56.9. The third kappa shape index (κ3) is 25.3. The first kappa shape index (κ1) is 94.7. The van der Waals surface area contributed by atoms with E-state index in [-0.39, 0.29) is 0 Å². The molecule has 13 rings (SSSR count). The summed E-state index contributed by atoms with van der Waals surface area (Å²) in [5.74, 6) is 0. The average Bonchev–Trinajstić information content (AvgIpc) is 1.50. The molecule has 0 amide bonds. The van der Waals surface area contributed by atoms with E-state index in [1.165, 1.54) is 495 Å². The standard InChI is InChI=1S/C116H160S6/c1-7-11-15-19-23-27-31-35-39-43-47-51-55-59-63-91-67-75-95(76-68-91)115(96-77-69-92(70-78-96)64-60-56-52-48-44-40-36-32-28-24-20-16-12-8-2)101-83-89(5)118-111(101)113-109(115)99-85-104-100(86-103(99)120-113)110-114(121-104)112-102(87-106(122-112)108-88-107-105(119-108)84-90(6)117-107)116(110,97-79-71-93(72-80-97)65-61-57-53-49-45-41-37-33-29-25-21-17-13-9-3)98-81-73-94(74-82-98)66-62-58-54-50-46-42-38-34-30-26-22-18-14-10-4/h67-88H,7-66H2,1-6H3. The molecule has 0 saturated heterocycles. The Labute approximate surface area is 768 Å². The number of aryl methyl sites for hydroxylation is 6.